The maximum atomic E-state index is 13.0. The van der Waals surface area contributed by atoms with Gasteiger partial charge in [-0.1, -0.05) is 18.2 Å². The summed E-state index contributed by atoms with van der Waals surface area (Å²) in [4.78, 5) is 25.2. The molecule has 0 spiro atoms. The number of rotatable bonds is 7. The predicted octanol–water partition coefficient (Wildman–Crippen LogP) is 2.19. The van der Waals surface area contributed by atoms with Crippen LogP contribution in [0.4, 0.5) is 24.5 Å². The number of halogens is 3. The highest BCUT2D eigenvalue weighted by atomic mass is 19.4. The second kappa shape index (κ2) is 9.42. The number of quaternary nitrogens is 1. The molecule has 0 saturated carbocycles. The predicted molar refractivity (Wildman–Crippen MR) is 103 cm³/mol. The Balaban J connectivity index is 1.97. The number of amides is 2. The van der Waals surface area contributed by atoms with Gasteiger partial charge in [0.15, 0.2) is 12.6 Å². The molecule has 0 aliphatic carbocycles. The lowest BCUT2D eigenvalue weighted by Crippen LogP contribution is -3.14. The van der Waals surface area contributed by atoms with Gasteiger partial charge in [-0.25, -0.2) is 0 Å². The minimum absolute atomic E-state index is 0.182. The zero-order chi connectivity index (χ0) is 21.6. The highest BCUT2D eigenvalue weighted by Gasteiger charge is 2.34. The summed E-state index contributed by atoms with van der Waals surface area (Å²) in [5.74, 6) is -0.377. The maximum Gasteiger partial charge on any atom is 0.418 e. The Hall–Kier alpha value is -3.07. The average Bonchev–Trinajstić information content (AvgIpc) is 2.66. The molecular weight excluding hydrogens is 387 g/mol. The van der Waals surface area contributed by atoms with E-state index in [1.165, 1.54) is 25.3 Å². The lowest BCUT2D eigenvalue weighted by atomic mass is 10.1. The summed E-state index contributed by atoms with van der Waals surface area (Å²) < 4.78 is 44.2. The summed E-state index contributed by atoms with van der Waals surface area (Å²) in [6, 6.07) is 10.9. The number of methoxy groups -OCH3 is 1. The molecule has 0 aliphatic heterocycles. The Morgan fingerprint density at radius 1 is 1.10 bits per heavy atom. The largest absolute Gasteiger partial charge is 0.497 e. The molecule has 2 amide bonds. The van der Waals surface area contributed by atoms with Crippen molar-refractivity contribution < 1.29 is 32.4 Å². The van der Waals surface area contributed by atoms with Crippen LogP contribution < -0.4 is 20.3 Å². The number of carbonyl (C=O) groups is 2. The van der Waals surface area contributed by atoms with E-state index in [1.54, 1.807) is 38.2 Å². The molecule has 2 aromatic rings. The van der Waals surface area contributed by atoms with E-state index in [-0.39, 0.29) is 18.1 Å². The highest BCUT2D eigenvalue weighted by Crippen LogP contribution is 2.34. The Kier molecular flexibility index (Phi) is 7.22. The molecule has 2 aromatic carbocycles. The first-order valence-corrected chi connectivity index (χ1v) is 8.85. The number of alkyl halides is 3. The molecule has 29 heavy (non-hydrogen) atoms. The van der Waals surface area contributed by atoms with Gasteiger partial charge in [0.25, 0.3) is 11.8 Å². The number of benzene rings is 2. The molecule has 0 bridgehead atoms. The van der Waals surface area contributed by atoms with Crippen LogP contribution >= 0.6 is 0 Å². The van der Waals surface area contributed by atoms with Crippen LogP contribution in [0, 0.1) is 0 Å². The number of carbonyl (C=O) groups excluding carboxylic acids is 2. The van der Waals surface area contributed by atoms with Gasteiger partial charge in [-0.3, -0.25) is 9.59 Å². The van der Waals surface area contributed by atoms with E-state index in [9.17, 15) is 22.8 Å². The first kappa shape index (κ1) is 22.2. The van der Waals surface area contributed by atoms with Crippen molar-refractivity contribution >= 4 is 23.2 Å². The summed E-state index contributed by atoms with van der Waals surface area (Å²) in [5, 5.41) is 5.01. The molecule has 0 radical (unpaired) electrons. The third kappa shape index (κ3) is 6.21. The van der Waals surface area contributed by atoms with E-state index in [0.29, 0.717) is 16.3 Å². The van der Waals surface area contributed by atoms with E-state index < -0.39 is 23.7 Å². The number of nitrogens with one attached hydrogen (secondary N) is 3. The highest BCUT2D eigenvalue weighted by molar-refractivity contribution is 5.95. The van der Waals surface area contributed by atoms with E-state index in [1.807, 2.05) is 0 Å². The van der Waals surface area contributed by atoms with Gasteiger partial charge in [0.1, 0.15) is 5.75 Å². The van der Waals surface area contributed by atoms with Crippen molar-refractivity contribution in [1.82, 2.24) is 0 Å². The molecule has 2 rings (SSSR count). The Morgan fingerprint density at radius 2 is 1.79 bits per heavy atom. The number of anilines is 2. The zero-order valence-corrected chi connectivity index (χ0v) is 16.3. The molecule has 1 unspecified atom stereocenters. The maximum absolute atomic E-state index is 13.0. The van der Waals surface area contributed by atoms with Gasteiger partial charge >= 0.3 is 6.18 Å². The van der Waals surface area contributed by atoms with Crippen LogP contribution in [0.15, 0.2) is 48.5 Å². The van der Waals surface area contributed by atoms with Gasteiger partial charge in [-0.2, -0.15) is 13.2 Å². The fourth-order valence-corrected chi connectivity index (χ4v) is 2.62. The quantitative estimate of drug-likeness (QED) is 0.655. The summed E-state index contributed by atoms with van der Waals surface area (Å²) in [7, 11) is 3.13. The monoisotopic (exact) mass is 410 g/mol. The SMILES string of the molecule is COc1cccc(NC(=O)[C@H](C)[NH+](C)CC(=O)Nc2ccccc2C(F)(F)F)c1. The minimum atomic E-state index is -4.58. The fraction of sp³-hybridized carbons (Fsp3) is 0.300. The van der Waals surface area contributed by atoms with Crippen molar-refractivity contribution in [3.05, 3.63) is 54.1 Å². The van der Waals surface area contributed by atoms with Crippen LogP contribution in [0.5, 0.6) is 5.75 Å². The molecule has 156 valence electrons. The van der Waals surface area contributed by atoms with Crippen molar-refractivity contribution in [1.29, 1.82) is 0 Å². The van der Waals surface area contributed by atoms with Crippen LogP contribution in [0.25, 0.3) is 0 Å². The molecule has 0 fully saturated rings. The molecule has 6 nitrogen and oxygen atoms in total. The van der Waals surface area contributed by atoms with E-state index in [0.717, 1.165) is 6.07 Å². The van der Waals surface area contributed by atoms with Gasteiger partial charge in [-0.05, 0) is 31.2 Å². The van der Waals surface area contributed by atoms with Crippen LogP contribution in [0.2, 0.25) is 0 Å². The molecule has 0 aromatic heterocycles. The molecule has 0 aliphatic rings. The van der Waals surface area contributed by atoms with Gasteiger partial charge in [0, 0.05) is 11.8 Å². The molecular formula is C20H23F3N3O3+. The van der Waals surface area contributed by atoms with E-state index in [2.05, 4.69) is 10.6 Å². The number of hydrogen-bond donors (Lipinski definition) is 3. The lowest BCUT2D eigenvalue weighted by molar-refractivity contribution is -0.885. The van der Waals surface area contributed by atoms with Crippen molar-refractivity contribution in [3.8, 4) is 5.75 Å². The smallest absolute Gasteiger partial charge is 0.418 e. The van der Waals surface area contributed by atoms with Crippen LogP contribution in [0.1, 0.15) is 12.5 Å². The minimum Gasteiger partial charge on any atom is -0.497 e. The third-order valence-electron chi connectivity index (χ3n) is 4.42. The average molecular weight is 410 g/mol. The van der Waals surface area contributed by atoms with Gasteiger partial charge < -0.3 is 20.3 Å². The van der Waals surface area contributed by atoms with Crippen LogP contribution in [-0.2, 0) is 15.8 Å². The van der Waals surface area contributed by atoms with Crippen molar-refractivity contribution in [2.24, 2.45) is 0 Å². The molecule has 2 atom stereocenters. The fourth-order valence-electron chi connectivity index (χ4n) is 2.62. The number of hydrogen-bond acceptors (Lipinski definition) is 3. The van der Waals surface area contributed by atoms with Crippen LogP contribution in [0.3, 0.4) is 0 Å². The second-order valence-electron chi connectivity index (χ2n) is 6.56. The third-order valence-corrected chi connectivity index (χ3v) is 4.42. The van der Waals surface area contributed by atoms with E-state index >= 15 is 0 Å². The Labute approximate surface area is 166 Å². The summed E-state index contributed by atoms with van der Waals surface area (Å²) in [6.45, 7) is 1.45. The Morgan fingerprint density at radius 3 is 2.45 bits per heavy atom. The standard InChI is InChI=1S/C20H22F3N3O3/c1-13(19(28)24-14-7-6-8-15(11-14)29-3)26(2)12-18(27)25-17-10-5-4-9-16(17)20(21,22)23/h4-11,13H,12H2,1-3H3,(H,24,28)(H,25,27)/p+1/t13-/m0/s1. The normalized spacial score (nSPS) is 13.3. The first-order valence-electron chi connectivity index (χ1n) is 8.85. The summed E-state index contributed by atoms with van der Waals surface area (Å²) >= 11 is 0. The van der Waals surface area contributed by atoms with Gasteiger partial charge in [-0.15, -0.1) is 0 Å². The lowest BCUT2D eigenvalue weighted by Gasteiger charge is -2.21. The Bertz CT molecular complexity index is 871. The number of likely N-dealkylation sites (N-methyl/N-ethyl adjacent to an activating group) is 1. The van der Waals surface area contributed by atoms with Crippen molar-refractivity contribution in [3.63, 3.8) is 0 Å². The summed E-state index contributed by atoms with van der Waals surface area (Å²) in [6.07, 6.45) is -4.58. The number of para-hydroxylation sites is 1. The van der Waals surface area contributed by atoms with Crippen LogP contribution in [-0.4, -0.2) is 38.6 Å². The zero-order valence-electron chi connectivity index (χ0n) is 16.3. The first-order chi connectivity index (χ1) is 13.6. The van der Waals surface area contributed by atoms with Crippen molar-refractivity contribution in [2.45, 2.75) is 19.1 Å². The van der Waals surface area contributed by atoms with E-state index in [4.69, 9.17) is 4.74 Å². The summed E-state index contributed by atoms with van der Waals surface area (Å²) in [5.41, 5.74) is -0.696. The molecule has 0 saturated heterocycles. The van der Waals surface area contributed by atoms with Crippen molar-refractivity contribution in [2.75, 3.05) is 31.3 Å². The van der Waals surface area contributed by atoms with Gasteiger partial charge in [0.2, 0.25) is 0 Å². The van der Waals surface area contributed by atoms with Gasteiger partial charge in [0.05, 0.1) is 25.4 Å². The molecule has 9 heteroatoms. The number of ether oxygens (including phenoxy) is 1. The second-order valence-corrected chi connectivity index (χ2v) is 6.56. The molecule has 3 N–H and O–H groups in total. The molecule has 0 heterocycles. The topological polar surface area (TPSA) is 71.9 Å².